The summed E-state index contributed by atoms with van der Waals surface area (Å²) in [5.74, 6) is 0.644. The first kappa shape index (κ1) is 28.5. The summed E-state index contributed by atoms with van der Waals surface area (Å²) in [7, 11) is 0. The number of benzene rings is 2. The van der Waals surface area contributed by atoms with E-state index in [9.17, 15) is 0 Å². The smallest absolute Gasteiger partial charge is 0.115 e. The molecule has 0 bridgehead atoms. The molecule has 0 aliphatic rings. The van der Waals surface area contributed by atoms with E-state index >= 15 is 0 Å². The third kappa shape index (κ3) is 27.8. The average molecular weight is 384 g/mol. The fourth-order valence-corrected chi connectivity index (χ4v) is 1.17. The minimum atomic E-state index is 0. The van der Waals surface area contributed by atoms with E-state index in [1.807, 2.05) is 12.1 Å². The number of aliphatic hydroxyl groups excluding tert-OH is 2. The Morgan fingerprint density at radius 3 is 0.960 bits per heavy atom. The molecule has 2 aromatic rings. The summed E-state index contributed by atoms with van der Waals surface area (Å²) in [5.41, 5.74) is 0. The molecule has 0 aliphatic carbocycles. The van der Waals surface area contributed by atoms with Crippen molar-refractivity contribution in [3.63, 3.8) is 0 Å². The van der Waals surface area contributed by atoms with Gasteiger partial charge in [0.05, 0.1) is 0 Å². The monoisotopic (exact) mass is 384 g/mol. The SMILES string of the molecule is CCCCO.CCCCO.Oc1ccccc1.Oc1ccccc1.[Ti]. The molecule has 0 saturated carbocycles. The number of para-hydroxylation sites is 2. The van der Waals surface area contributed by atoms with E-state index < -0.39 is 0 Å². The normalized spacial score (nSPS) is 8.16. The van der Waals surface area contributed by atoms with Crippen LogP contribution in [0, 0.1) is 0 Å². The molecule has 0 amide bonds. The molecule has 0 radical (unpaired) electrons. The van der Waals surface area contributed by atoms with Crippen LogP contribution in [0.25, 0.3) is 0 Å². The van der Waals surface area contributed by atoms with E-state index in [1.54, 1.807) is 48.5 Å². The van der Waals surface area contributed by atoms with Crippen LogP contribution >= 0.6 is 0 Å². The second-order valence-electron chi connectivity index (χ2n) is 4.83. The summed E-state index contributed by atoms with van der Waals surface area (Å²) in [6.45, 7) is 4.79. The Kier molecular flexibility index (Phi) is 28.4. The minimum Gasteiger partial charge on any atom is -0.508 e. The molecule has 140 valence electrons. The molecular formula is C20H32O4Ti. The van der Waals surface area contributed by atoms with Gasteiger partial charge in [-0.25, -0.2) is 0 Å². The molecular weight excluding hydrogens is 352 g/mol. The van der Waals surface area contributed by atoms with Gasteiger partial charge in [0.2, 0.25) is 0 Å². The second-order valence-corrected chi connectivity index (χ2v) is 4.83. The standard InChI is InChI=1S/2C6H6O.2C4H10O.Ti/c2*7-6-4-2-1-3-5-6;2*1-2-3-4-5;/h2*1-5,7H;2*5H,2-4H2,1H3;. The van der Waals surface area contributed by atoms with Gasteiger partial charge in [0.15, 0.2) is 0 Å². The third-order valence-electron chi connectivity index (χ3n) is 2.54. The largest absolute Gasteiger partial charge is 0.508 e. The summed E-state index contributed by atoms with van der Waals surface area (Å²) < 4.78 is 0. The topological polar surface area (TPSA) is 80.9 Å². The molecule has 0 unspecified atom stereocenters. The van der Waals surface area contributed by atoms with Crippen LogP contribution in [0.15, 0.2) is 60.7 Å². The summed E-state index contributed by atoms with van der Waals surface area (Å²) in [4.78, 5) is 0. The maximum Gasteiger partial charge on any atom is 0.115 e. The zero-order valence-corrected chi connectivity index (χ0v) is 16.9. The van der Waals surface area contributed by atoms with Gasteiger partial charge in [0, 0.05) is 34.9 Å². The molecule has 0 saturated heterocycles. The average Bonchev–Trinajstić information content (AvgIpc) is 2.59. The van der Waals surface area contributed by atoms with Gasteiger partial charge < -0.3 is 20.4 Å². The minimum absolute atomic E-state index is 0. The Hall–Kier alpha value is -1.33. The van der Waals surface area contributed by atoms with Crippen molar-refractivity contribution in [3.05, 3.63) is 60.7 Å². The van der Waals surface area contributed by atoms with E-state index in [-0.39, 0.29) is 21.7 Å². The summed E-state index contributed by atoms with van der Waals surface area (Å²) in [6, 6.07) is 17.4. The molecule has 2 aromatic carbocycles. The van der Waals surface area contributed by atoms with Crippen LogP contribution in [0.1, 0.15) is 39.5 Å². The molecule has 4 N–H and O–H groups in total. The molecule has 0 aromatic heterocycles. The summed E-state index contributed by atoms with van der Waals surface area (Å²) in [6.07, 6.45) is 4.08. The number of hydrogen-bond acceptors (Lipinski definition) is 4. The Morgan fingerprint density at radius 1 is 0.600 bits per heavy atom. The molecule has 0 aliphatic heterocycles. The molecule has 2 rings (SSSR count). The van der Waals surface area contributed by atoms with Gasteiger partial charge >= 0.3 is 0 Å². The van der Waals surface area contributed by atoms with Crippen LogP contribution in [0.2, 0.25) is 0 Å². The van der Waals surface area contributed by atoms with Gasteiger partial charge in [-0.2, -0.15) is 0 Å². The number of phenolic OH excluding ortho intramolecular Hbond substituents is 2. The van der Waals surface area contributed by atoms with Crippen LogP contribution in [-0.2, 0) is 21.7 Å². The van der Waals surface area contributed by atoms with Gasteiger partial charge in [0.1, 0.15) is 11.5 Å². The molecule has 25 heavy (non-hydrogen) atoms. The number of aliphatic hydroxyl groups is 2. The zero-order valence-electron chi connectivity index (χ0n) is 15.3. The van der Waals surface area contributed by atoms with Gasteiger partial charge in [-0.3, -0.25) is 0 Å². The Labute approximate surface area is 167 Å². The van der Waals surface area contributed by atoms with Gasteiger partial charge in [-0.1, -0.05) is 63.1 Å². The van der Waals surface area contributed by atoms with E-state index in [2.05, 4.69) is 13.8 Å². The van der Waals surface area contributed by atoms with Crippen LogP contribution in [0.5, 0.6) is 11.5 Å². The predicted molar refractivity (Wildman–Crippen MR) is 100 cm³/mol. The van der Waals surface area contributed by atoms with Crippen LogP contribution in [-0.4, -0.2) is 33.6 Å². The Morgan fingerprint density at radius 2 is 0.880 bits per heavy atom. The van der Waals surface area contributed by atoms with Crippen molar-refractivity contribution < 1.29 is 42.1 Å². The fourth-order valence-electron chi connectivity index (χ4n) is 1.17. The van der Waals surface area contributed by atoms with Gasteiger partial charge in [0.25, 0.3) is 0 Å². The van der Waals surface area contributed by atoms with Crippen molar-refractivity contribution in [2.24, 2.45) is 0 Å². The van der Waals surface area contributed by atoms with E-state index in [0.29, 0.717) is 24.7 Å². The Balaban J connectivity index is -0.000000259. The summed E-state index contributed by atoms with van der Waals surface area (Å²) >= 11 is 0. The van der Waals surface area contributed by atoms with Crippen molar-refractivity contribution in [2.45, 2.75) is 39.5 Å². The van der Waals surface area contributed by atoms with Crippen LogP contribution in [0.3, 0.4) is 0 Å². The maximum atomic E-state index is 8.63. The fraction of sp³-hybridized carbons (Fsp3) is 0.400. The van der Waals surface area contributed by atoms with E-state index in [1.165, 1.54) is 0 Å². The number of phenols is 2. The number of unbranched alkanes of at least 4 members (excludes halogenated alkanes) is 2. The molecule has 0 heterocycles. The zero-order chi connectivity index (χ0) is 18.5. The number of aromatic hydroxyl groups is 2. The van der Waals surface area contributed by atoms with Gasteiger partial charge in [-0.15, -0.1) is 0 Å². The van der Waals surface area contributed by atoms with Crippen molar-refractivity contribution in [3.8, 4) is 11.5 Å². The van der Waals surface area contributed by atoms with Gasteiger partial charge in [-0.05, 0) is 37.1 Å². The molecule has 4 nitrogen and oxygen atoms in total. The van der Waals surface area contributed by atoms with E-state index in [4.69, 9.17) is 20.4 Å². The Bertz CT molecular complexity index is 390. The molecule has 0 spiro atoms. The maximum absolute atomic E-state index is 8.63. The number of rotatable bonds is 4. The van der Waals surface area contributed by atoms with Crippen molar-refractivity contribution in [1.82, 2.24) is 0 Å². The number of hydrogen-bond donors (Lipinski definition) is 4. The third-order valence-corrected chi connectivity index (χ3v) is 2.54. The van der Waals surface area contributed by atoms with Crippen molar-refractivity contribution >= 4 is 0 Å². The molecule has 0 fully saturated rings. The first-order valence-electron chi connectivity index (χ1n) is 8.32. The quantitative estimate of drug-likeness (QED) is 0.591. The first-order valence-corrected chi connectivity index (χ1v) is 8.32. The second kappa shape index (κ2) is 24.9. The summed E-state index contributed by atoms with van der Waals surface area (Å²) in [5, 5.41) is 33.4. The van der Waals surface area contributed by atoms with Crippen molar-refractivity contribution in [1.29, 1.82) is 0 Å². The first-order chi connectivity index (χ1) is 11.6. The molecule has 0 atom stereocenters. The van der Waals surface area contributed by atoms with Crippen molar-refractivity contribution in [2.75, 3.05) is 13.2 Å². The van der Waals surface area contributed by atoms with Crippen LogP contribution < -0.4 is 0 Å². The van der Waals surface area contributed by atoms with E-state index in [0.717, 1.165) is 25.7 Å². The molecule has 5 heteroatoms. The van der Waals surface area contributed by atoms with Crippen LogP contribution in [0.4, 0.5) is 0 Å². The predicted octanol–water partition coefficient (Wildman–Crippen LogP) is 4.34.